The normalized spacial score (nSPS) is 12.3. The van der Waals surface area contributed by atoms with E-state index in [1.54, 1.807) is 26.8 Å². The molecule has 0 fully saturated rings. The van der Waals surface area contributed by atoms with Crippen molar-refractivity contribution in [3.63, 3.8) is 0 Å². The molecule has 0 aromatic heterocycles. The van der Waals surface area contributed by atoms with Crippen LogP contribution in [0.4, 0.5) is 0 Å². The van der Waals surface area contributed by atoms with Gasteiger partial charge in [-0.05, 0) is 32.9 Å². The number of esters is 1. The van der Waals surface area contributed by atoms with E-state index in [1.165, 1.54) is 18.2 Å². The summed E-state index contributed by atoms with van der Waals surface area (Å²) < 4.78 is 16.2. The van der Waals surface area contributed by atoms with E-state index in [9.17, 15) is 9.36 Å². The maximum Gasteiger partial charge on any atom is 0.359 e. The highest BCUT2D eigenvalue weighted by atomic mass is 31.2. The summed E-state index contributed by atoms with van der Waals surface area (Å²) in [6.45, 7) is 4.99. The molecule has 0 atom stereocenters. The summed E-state index contributed by atoms with van der Waals surface area (Å²) in [6, 6.07) is 5.62. The standard InChI is InChI=1S/C11H15O5P/c1-11(2,3)10(12)16-8-6-4-5-7-9(8)17(13,14)15/h4-7H,1-3H3,(H2,13,14,15). The van der Waals surface area contributed by atoms with Crippen LogP contribution in [0.5, 0.6) is 5.75 Å². The summed E-state index contributed by atoms with van der Waals surface area (Å²) in [4.78, 5) is 29.8. The van der Waals surface area contributed by atoms with Crippen LogP contribution in [0.3, 0.4) is 0 Å². The molecule has 94 valence electrons. The minimum absolute atomic E-state index is 0.0965. The maximum absolute atomic E-state index is 11.6. The topological polar surface area (TPSA) is 83.8 Å². The maximum atomic E-state index is 11.6. The molecule has 1 aromatic rings. The molecule has 5 nitrogen and oxygen atoms in total. The average molecular weight is 258 g/mol. The molecule has 0 aliphatic carbocycles. The third-order valence-electron chi connectivity index (χ3n) is 1.99. The van der Waals surface area contributed by atoms with Gasteiger partial charge in [0.15, 0.2) is 0 Å². The Labute approximate surface area is 99.6 Å². The fourth-order valence-electron chi connectivity index (χ4n) is 1.04. The first kappa shape index (κ1) is 13.9. The van der Waals surface area contributed by atoms with Gasteiger partial charge in [-0.2, -0.15) is 0 Å². The summed E-state index contributed by atoms with van der Waals surface area (Å²) in [5, 5.41) is -0.280. The number of rotatable bonds is 2. The van der Waals surface area contributed by atoms with Crippen molar-refractivity contribution in [3.8, 4) is 5.75 Å². The van der Waals surface area contributed by atoms with Crippen LogP contribution in [0.2, 0.25) is 0 Å². The second-order valence-electron chi connectivity index (χ2n) is 4.65. The Morgan fingerprint density at radius 3 is 2.24 bits per heavy atom. The number of carbonyl (C=O) groups excluding carboxylic acids is 1. The van der Waals surface area contributed by atoms with Crippen molar-refractivity contribution in [3.05, 3.63) is 24.3 Å². The van der Waals surface area contributed by atoms with E-state index in [1.807, 2.05) is 0 Å². The van der Waals surface area contributed by atoms with Gasteiger partial charge in [0.1, 0.15) is 11.1 Å². The predicted molar refractivity (Wildman–Crippen MR) is 63.2 cm³/mol. The van der Waals surface area contributed by atoms with E-state index in [0.29, 0.717) is 0 Å². The van der Waals surface area contributed by atoms with Gasteiger partial charge in [0, 0.05) is 0 Å². The van der Waals surface area contributed by atoms with Gasteiger partial charge < -0.3 is 14.5 Å². The number of carbonyl (C=O) groups is 1. The number of ether oxygens (including phenoxy) is 1. The first-order valence-corrected chi connectivity index (χ1v) is 6.61. The molecular formula is C11H15O5P. The summed E-state index contributed by atoms with van der Waals surface area (Å²) in [5.41, 5.74) is -0.734. The fraction of sp³-hybridized carbons (Fsp3) is 0.364. The molecule has 0 spiro atoms. The van der Waals surface area contributed by atoms with E-state index in [4.69, 9.17) is 14.5 Å². The molecule has 0 heterocycles. The van der Waals surface area contributed by atoms with E-state index < -0.39 is 19.0 Å². The smallest absolute Gasteiger partial charge is 0.359 e. The summed E-state index contributed by atoms with van der Waals surface area (Å²) in [6.07, 6.45) is 0. The van der Waals surface area contributed by atoms with Crippen LogP contribution >= 0.6 is 7.60 Å². The van der Waals surface area contributed by atoms with Gasteiger partial charge in [-0.1, -0.05) is 12.1 Å². The Bertz CT molecular complexity index is 469. The molecule has 0 aliphatic heterocycles. The Kier molecular flexibility index (Phi) is 3.77. The summed E-state index contributed by atoms with van der Waals surface area (Å²) in [7, 11) is -4.44. The van der Waals surface area contributed by atoms with Crippen molar-refractivity contribution in [1.29, 1.82) is 0 Å². The fourth-order valence-corrected chi connectivity index (χ4v) is 1.72. The summed E-state index contributed by atoms with van der Waals surface area (Å²) >= 11 is 0. The molecule has 0 saturated carbocycles. The Balaban J connectivity index is 3.09. The van der Waals surface area contributed by atoms with Gasteiger partial charge in [0.25, 0.3) is 0 Å². The number of hydrogen-bond acceptors (Lipinski definition) is 3. The molecule has 6 heteroatoms. The Morgan fingerprint density at radius 1 is 1.24 bits per heavy atom. The van der Waals surface area contributed by atoms with Crippen LogP contribution in [0.15, 0.2) is 24.3 Å². The van der Waals surface area contributed by atoms with Crippen LogP contribution in [-0.2, 0) is 9.36 Å². The predicted octanol–water partition coefficient (Wildman–Crippen LogP) is 1.44. The molecular weight excluding hydrogens is 243 g/mol. The van der Waals surface area contributed by atoms with E-state index in [0.717, 1.165) is 0 Å². The van der Waals surface area contributed by atoms with Crippen molar-refractivity contribution in [2.24, 2.45) is 5.41 Å². The lowest BCUT2D eigenvalue weighted by atomic mass is 9.97. The monoisotopic (exact) mass is 258 g/mol. The van der Waals surface area contributed by atoms with Crippen molar-refractivity contribution >= 4 is 18.9 Å². The van der Waals surface area contributed by atoms with Crippen molar-refractivity contribution in [2.45, 2.75) is 20.8 Å². The van der Waals surface area contributed by atoms with Crippen molar-refractivity contribution < 1.29 is 23.9 Å². The van der Waals surface area contributed by atoms with Crippen LogP contribution in [0, 0.1) is 5.41 Å². The van der Waals surface area contributed by atoms with Gasteiger partial charge in [-0.15, -0.1) is 0 Å². The SMILES string of the molecule is CC(C)(C)C(=O)Oc1ccccc1P(=O)(O)O. The highest BCUT2D eigenvalue weighted by Crippen LogP contribution is 2.37. The second-order valence-corrected chi connectivity index (χ2v) is 6.22. The lowest BCUT2D eigenvalue weighted by Crippen LogP contribution is -2.27. The molecule has 0 unspecified atom stereocenters. The molecule has 0 bridgehead atoms. The molecule has 0 radical (unpaired) electrons. The van der Waals surface area contributed by atoms with Crippen molar-refractivity contribution in [1.82, 2.24) is 0 Å². The first-order valence-electron chi connectivity index (χ1n) is 5.00. The number of hydrogen-bond donors (Lipinski definition) is 2. The van der Waals surface area contributed by atoms with Crippen LogP contribution in [-0.4, -0.2) is 15.8 Å². The molecule has 0 saturated heterocycles. The van der Waals surface area contributed by atoms with E-state index in [-0.39, 0.29) is 11.1 Å². The van der Waals surface area contributed by atoms with Gasteiger partial charge in [-0.25, -0.2) is 0 Å². The molecule has 1 rings (SSSR count). The van der Waals surface area contributed by atoms with Gasteiger partial charge in [0.05, 0.1) is 5.41 Å². The molecule has 0 amide bonds. The van der Waals surface area contributed by atoms with Crippen LogP contribution in [0.1, 0.15) is 20.8 Å². The molecule has 2 N–H and O–H groups in total. The minimum Gasteiger partial charge on any atom is -0.425 e. The van der Waals surface area contributed by atoms with Crippen molar-refractivity contribution in [2.75, 3.05) is 0 Å². The van der Waals surface area contributed by atoms with Gasteiger partial charge in [-0.3, -0.25) is 9.36 Å². The zero-order valence-corrected chi connectivity index (χ0v) is 10.8. The average Bonchev–Trinajstić information content (AvgIpc) is 2.15. The molecule has 1 aromatic carbocycles. The highest BCUT2D eigenvalue weighted by molar-refractivity contribution is 7.60. The van der Waals surface area contributed by atoms with E-state index >= 15 is 0 Å². The number of benzene rings is 1. The molecule has 0 aliphatic rings. The van der Waals surface area contributed by atoms with Gasteiger partial charge >= 0.3 is 13.6 Å². The molecule has 17 heavy (non-hydrogen) atoms. The third kappa shape index (κ3) is 3.66. The Hall–Kier alpha value is -1.16. The lowest BCUT2D eigenvalue weighted by Gasteiger charge is -2.18. The largest absolute Gasteiger partial charge is 0.425 e. The first-order chi connectivity index (χ1) is 7.62. The number of para-hydroxylation sites is 1. The van der Waals surface area contributed by atoms with Gasteiger partial charge in [0.2, 0.25) is 0 Å². The van der Waals surface area contributed by atoms with E-state index in [2.05, 4.69) is 0 Å². The second kappa shape index (κ2) is 4.61. The highest BCUT2D eigenvalue weighted by Gasteiger charge is 2.28. The van der Waals surface area contributed by atoms with Crippen LogP contribution in [0.25, 0.3) is 0 Å². The minimum atomic E-state index is -4.44. The lowest BCUT2D eigenvalue weighted by molar-refractivity contribution is -0.142. The van der Waals surface area contributed by atoms with Crippen LogP contribution < -0.4 is 10.0 Å². The zero-order chi connectivity index (χ0) is 13.3. The quantitative estimate of drug-likeness (QED) is 0.476. The zero-order valence-electron chi connectivity index (χ0n) is 9.88. The Morgan fingerprint density at radius 2 is 1.76 bits per heavy atom. The third-order valence-corrected chi connectivity index (χ3v) is 2.99. The summed E-state index contributed by atoms with van der Waals surface area (Å²) in [5.74, 6) is -0.640.